The first-order valence-electron chi connectivity index (χ1n) is 8.33. The summed E-state index contributed by atoms with van der Waals surface area (Å²) in [6, 6.07) is 3.45. The van der Waals surface area contributed by atoms with Crippen molar-refractivity contribution in [2.24, 2.45) is 0 Å². The van der Waals surface area contributed by atoms with Crippen LogP contribution in [-0.4, -0.2) is 46.7 Å². The Kier molecular flexibility index (Phi) is 4.34. The average Bonchev–Trinajstić information content (AvgIpc) is 3.05. The van der Waals surface area contributed by atoms with E-state index in [0.717, 1.165) is 6.29 Å². The van der Waals surface area contributed by atoms with Gasteiger partial charge in [0.2, 0.25) is 0 Å². The number of aldehydes is 1. The highest BCUT2D eigenvalue weighted by atomic mass is 35.5. The van der Waals surface area contributed by atoms with Gasteiger partial charge in [-0.05, 0) is 26.0 Å². The average molecular weight is 373 g/mol. The number of carbonyl (C=O) groups excluding carboxylic acids is 1. The summed E-state index contributed by atoms with van der Waals surface area (Å²) in [5, 5.41) is 5.05. The van der Waals surface area contributed by atoms with Crippen molar-refractivity contribution in [1.29, 1.82) is 0 Å². The highest BCUT2D eigenvalue weighted by molar-refractivity contribution is 6.38. The molecule has 1 aromatic carbocycles. The number of hydrogen-bond acceptors (Lipinski definition) is 7. The first kappa shape index (κ1) is 16.9. The summed E-state index contributed by atoms with van der Waals surface area (Å²) in [5.74, 6) is 0.417. The summed E-state index contributed by atoms with van der Waals surface area (Å²) >= 11 is 6.64. The Labute approximate surface area is 154 Å². The summed E-state index contributed by atoms with van der Waals surface area (Å²) in [6.07, 6.45) is 4.11. The number of ether oxygens (including phenoxy) is 1. The van der Waals surface area contributed by atoms with Gasteiger partial charge in [0.25, 0.3) is 0 Å². The second kappa shape index (κ2) is 6.66. The van der Waals surface area contributed by atoms with Crippen LogP contribution in [0.3, 0.4) is 0 Å². The summed E-state index contributed by atoms with van der Waals surface area (Å²) in [7, 11) is 0. The number of carbonyl (C=O) groups is 1. The topological polar surface area (TPSA) is 81.4 Å². The molecule has 1 aliphatic rings. The number of morpholine rings is 1. The monoisotopic (exact) mass is 372 g/mol. The fourth-order valence-electron chi connectivity index (χ4n) is 3.40. The Morgan fingerprint density at radius 1 is 1.23 bits per heavy atom. The fourth-order valence-corrected chi connectivity index (χ4v) is 3.77. The molecule has 0 aliphatic carbocycles. The lowest BCUT2D eigenvalue weighted by atomic mass is 10.1. The van der Waals surface area contributed by atoms with Crippen molar-refractivity contribution in [2.45, 2.75) is 26.1 Å². The van der Waals surface area contributed by atoms with Crippen molar-refractivity contribution in [3.8, 4) is 11.5 Å². The van der Waals surface area contributed by atoms with Crippen molar-refractivity contribution in [3.63, 3.8) is 0 Å². The van der Waals surface area contributed by atoms with E-state index in [2.05, 4.69) is 20.0 Å². The molecule has 134 valence electrons. The second-order valence-corrected chi connectivity index (χ2v) is 6.77. The normalized spacial score (nSPS) is 20.5. The van der Waals surface area contributed by atoms with Crippen LogP contribution in [0.5, 0.6) is 0 Å². The van der Waals surface area contributed by atoms with E-state index in [1.54, 1.807) is 24.5 Å². The number of fused-ring (bicyclic) bond motifs is 1. The first-order valence-corrected chi connectivity index (χ1v) is 8.71. The van der Waals surface area contributed by atoms with Gasteiger partial charge in [0.15, 0.2) is 23.4 Å². The molecule has 0 amide bonds. The van der Waals surface area contributed by atoms with Crippen LogP contribution in [0.1, 0.15) is 24.2 Å². The Morgan fingerprint density at radius 3 is 2.58 bits per heavy atom. The highest BCUT2D eigenvalue weighted by Gasteiger charge is 2.28. The van der Waals surface area contributed by atoms with E-state index >= 15 is 0 Å². The molecule has 2 aromatic heterocycles. The Balaban J connectivity index is 1.88. The molecule has 3 aromatic rings. The van der Waals surface area contributed by atoms with Gasteiger partial charge in [0, 0.05) is 31.0 Å². The second-order valence-electron chi connectivity index (χ2n) is 6.39. The van der Waals surface area contributed by atoms with Crippen LogP contribution in [0.15, 0.2) is 29.0 Å². The molecule has 0 N–H and O–H groups in total. The molecule has 1 aliphatic heterocycles. The minimum absolute atomic E-state index is 0.0352. The minimum atomic E-state index is 0.0352. The molecule has 8 heteroatoms. The molecule has 4 rings (SSSR count). The third-order valence-corrected chi connectivity index (χ3v) is 4.70. The predicted octanol–water partition coefficient (Wildman–Crippen LogP) is 3.36. The van der Waals surface area contributed by atoms with Crippen LogP contribution in [0.25, 0.3) is 22.5 Å². The van der Waals surface area contributed by atoms with Crippen LogP contribution in [0.4, 0.5) is 5.69 Å². The third kappa shape index (κ3) is 2.83. The van der Waals surface area contributed by atoms with Gasteiger partial charge >= 0.3 is 0 Å². The van der Waals surface area contributed by atoms with Gasteiger partial charge < -0.3 is 14.2 Å². The van der Waals surface area contributed by atoms with Crippen LogP contribution in [0.2, 0.25) is 5.02 Å². The van der Waals surface area contributed by atoms with Crippen LogP contribution >= 0.6 is 11.6 Å². The van der Waals surface area contributed by atoms with E-state index in [-0.39, 0.29) is 12.2 Å². The smallest absolute Gasteiger partial charge is 0.188 e. The maximum Gasteiger partial charge on any atom is 0.188 e. The van der Waals surface area contributed by atoms with Gasteiger partial charge in [-0.25, -0.2) is 9.97 Å². The van der Waals surface area contributed by atoms with Crippen molar-refractivity contribution in [2.75, 3.05) is 18.0 Å². The number of benzene rings is 1. The van der Waals surface area contributed by atoms with Gasteiger partial charge in [-0.2, -0.15) is 0 Å². The molecular weight excluding hydrogens is 356 g/mol. The van der Waals surface area contributed by atoms with Crippen molar-refractivity contribution in [3.05, 3.63) is 35.1 Å². The standard InChI is InChI=1S/C18H17ClN4O3/c1-10-7-23(8-11(2)25-10)16-12(9-24)6-13-15(18-20-4-3-5-21-18)22-26-17(13)14(16)19/h3-6,9-11H,7-8H2,1-2H3/t10-,11+. The lowest BCUT2D eigenvalue weighted by molar-refractivity contribution is -0.00524. The first-order chi connectivity index (χ1) is 12.6. The predicted molar refractivity (Wildman–Crippen MR) is 97.7 cm³/mol. The zero-order valence-electron chi connectivity index (χ0n) is 14.3. The summed E-state index contributed by atoms with van der Waals surface area (Å²) in [6.45, 7) is 5.27. The van der Waals surface area contributed by atoms with Gasteiger partial charge in [-0.1, -0.05) is 16.8 Å². The largest absolute Gasteiger partial charge is 0.372 e. The van der Waals surface area contributed by atoms with Crippen LogP contribution in [0, 0.1) is 0 Å². The van der Waals surface area contributed by atoms with Gasteiger partial charge in [0.1, 0.15) is 5.02 Å². The molecule has 0 radical (unpaired) electrons. The van der Waals surface area contributed by atoms with E-state index < -0.39 is 0 Å². The maximum absolute atomic E-state index is 11.8. The van der Waals surface area contributed by atoms with Crippen LogP contribution in [-0.2, 0) is 4.74 Å². The number of halogens is 1. The van der Waals surface area contributed by atoms with Crippen molar-refractivity contribution < 1.29 is 14.1 Å². The zero-order chi connectivity index (χ0) is 18.3. The molecule has 2 atom stereocenters. The Hall–Kier alpha value is -2.51. The lowest BCUT2D eigenvalue weighted by Crippen LogP contribution is -2.46. The molecule has 0 bridgehead atoms. The molecule has 1 fully saturated rings. The zero-order valence-corrected chi connectivity index (χ0v) is 15.1. The molecule has 0 unspecified atom stereocenters. The SMILES string of the molecule is C[C@@H]1CN(c2c(C=O)cc3c(-c4ncccn4)noc3c2Cl)C[C@H](C)O1. The van der Waals surface area contributed by atoms with Gasteiger partial charge in [-0.3, -0.25) is 4.79 Å². The Morgan fingerprint density at radius 2 is 1.92 bits per heavy atom. The van der Waals surface area contributed by atoms with E-state index in [1.807, 2.05) is 13.8 Å². The van der Waals surface area contributed by atoms with Gasteiger partial charge in [-0.15, -0.1) is 0 Å². The molecule has 0 saturated carbocycles. The van der Waals surface area contributed by atoms with E-state index in [1.165, 1.54) is 0 Å². The van der Waals surface area contributed by atoms with E-state index in [0.29, 0.717) is 51.9 Å². The maximum atomic E-state index is 11.8. The number of hydrogen-bond donors (Lipinski definition) is 0. The molecule has 3 heterocycles. The molecule has 26 heavy (non-hydrogen) atoms. The Bertz CT molecular complexity index is 950. The molecule has 0 spiro atoms. The summed E-state index contributed by atoms with van der Waals surface area (Å²) < 4.78 is 11.3. The molecular formula is C18H17ClN4O3. The summed E-state index contributed by atoms with van der Waals surface area (Å²) in [4.78, 5) is 22.3. The highest BCUT2D eigenvalue weighted by Crippen LogP contribution is 2.40. The lowest BCUT2D eigenvalue weighted by Gasteiger charge is -2.37. The quantitative estimate of drug-likeness (QED) is 0.652. The third-order valence-electron chi connectivity index (χ3n) is 4.35. The van der Waals surface area contributed by atoms with E-state index in [4.69, 9.17) is 20.9 Å². The molecule has 7 nitrogen and oxygen atoms in total. The molecule has 1 saturated heterocycles. The number of anilines is 1. The minimum Gasteiger partial charge on any atom is -0.372 e. The summed E-state index contributed by atoms with van der Waals surface area (Å²) in [5.41, 5.74) is 2.00. The number of rotatable bonds is 3. The fraction of sp³-hybridized carbons (Fsp3) is 0.333. The number of aromatic nitrogens is 3. The van der Waals surface area contributed by atoms with Crippen molar-refractivity contribution >= 4 is 34.5 Å². The van der Waals surface area contributed by atoms with E-state index in [9.17, 15) is 4.79 Å². The van der Waals surface area contributed by atoms with Crippen molar-refractivity contribution in [1.82, 2.24) is 15.1 Å². The van der Waals surface area contributed by atoms with Crippen LogP contribution < -0.4 is 4.90 Å². The number of nitrogens with zero attached hydrogens (tertiary/aromatic N) is 4. The van der Waals surface area contributed by atoms with Gasteiger partial charge in [0.05, 0.1) is 23.3 Å².